The molecule has 0 atom stereocenters. The third-order valence-electron chi connectivity index (χ3n) is 1.93. The van der Waals surface area contributed by atoms with E-state index in [0.717, 1.165) is 0 Å². The van der Waals surface area contributed by atoms with E-state index >= 15 is 0 Å². The Bertz CT molecular complexity index is 167. The van der Waals surface area contributed by atoms with Crippen molar-refractivity contribution in [3.05, 3.63) is 24.3 Å². The van der Waals surface area contributed by atoms with Crippen LogP contribution in [0.1, 0.15) is 13.8 Å². The molecule has 0 amide bonds. The zero-order valence-corrected chi connectivity index (χ0v) is 5.72. The van der Waals surface area contributed by atoms with E-state index in [1.54, 1.807) is 0 Å². The number of fused-ring (bicyclic) bond motifs is 2. The van der Waals surface area contributed by atoms with E-state index in [9.17, 15) is 0 Å². The number of hydrogen-bond acceptors (Lipinski definition) is 1. The fraction of sp³-hybridized carbons (Fsp3) is 0.500. The van der Waals surface area contributed by atoms with Gasteiger partial charge in [-0.05, 0) is 13.8 Å². The van der Waals surface area contributed by atoms with Gasteiger partial charge in [0, 0.05) is 0 Å². The minimum Gasteiger partial charge on any atom is -0.353 e. The van der Waals surface area contributed by atoms with E-state index in [0.29, 0.717) is 0 Å². The van der Waals surface area contributed by atoms with Crippen molar-refractivity contribution >= 4 is 0 Å². The van der Waals surface area contributed by atoms with Gasteiger partial charge < -0.3 is 4.74 Å². The van der Waals surface area contributed by atoms with Gasteiger partial charge in [0.25, 0.3) is 0 Å². The Morgan fingerprint density at radius 1 is 0.889 bits per heavy atom. The molecule has 1 nitrogen and oxygen atoms in total. The van der Waals surface area contributed by atoms with Crippen LogP contribution in [0.4, 0.5) is 0 Å². The minimum absolute atomic E-state index is 0.0885. The van der Waals surface area contributed by atoms with Crippen LogP contribution in [-0.4, -0.2) is 11.2 Å². The fourth-order valence-electron chi connectivity index (χ4n) is 1.38. The van der Waals surface area contributed by atoms with E-state index in [1.165, 1.54) is 0 Å². The summed E-state index contributed by atoms with van der Waals surface area (Å²) in [6.07, 6.45) is 8.42. The van der Waals surface area contributed by atoms with Crippen LogP contribution >= 0.6 is 0 Å². The summed E-state index contributed by atoms with van der Waals surface area (Å²) in [5.41, 5.74) is -0.177. The second-order valence-electron chi connectivity index (χ2n) is 3.14. The Balaban J connectivity index is 2.46. The quantitative estimate of drug-likeness (QED) is 0.444. The first kappa shape index (κ1) is 5.24. The molecule has 48 valence electrons. The molecule has 2 bridgehead atoms. The van der Waals surface area contributed by atoms with Gasteiger partial charge in [0.15, 0.2) is 0 Å². The molecule has 0 fully saturated rings. The lowest BCUT2D eigenvalue weighted by Crippen LogP contribution is -2.21. The molecule has 0 aliphatic carbocycles. The molecule has 0 unspecified atom stereocenters. The molecule has 0 spiro atoms. The molecule has 2 heterocycles. The molecule has 2 rings (SSSR count). The molecule has 0 saturated carbocycles. The average Bonchev–Trinajstić information content (AvgIpc) is 2.19. The summed E-state index contributed by atoms with van der Waals surface area (Å²) in [7, 11) is 0. The monoisotopic (exact) mass is 122 g/mol. The summed E-state index contributed by atoms with van der Waals surface area (Å²) >= 11 is 0. The lowest BCUT2D eigenvalue weighted by molar-refractivity contribution is 0.00600. The SMILES string of the molecule is CC12C=CC(C)(C=C1)O2. The summed E-state index contributed by atoms with van der Waals surface area (Å²) in [5.74, 6) is 0. The topological polar surface area (TPSA) is 9.23 Å². The maximum absolute atomic E-state index is 5.62. The van der Waals surface area contributed by atoms with Crippen molar-refractivity contribution in [2.75, 3.05) is 0 Å². The maximum Gasteiger partial charge on any atom is 0.103 e. The zero-order chi connectivity index (χ0) is 6.54. The van der Waals surface area contributed by atoms with Gasteiger partial charge in [-0.1, -0.05) is 24.3 Å². The Kier molecular flexibility index (Phi) is 0.665. The highest BCUT2D eigenvalue weighted by Gasteiger charge is 2.40. The largest absolute Gasteiger partial charge is 0.353 e. The minimum atomic E-state index is -0.0885. The van der Waals surface area contributed by atoms with Crippen molar-refractivity contribution in [2.45, 2.75) is 25.0 Å². The molecule has 0 N–H and O–H groups in total. The average molecular weight is 122 g/mol. The maximum atomic E-state index is 5.62. The molecule has 2 aliphatic rings. The van der Waals surface area contributed by atoms with Crippen molar-refractivity contribution in [1.82, 2.24) is 0 Å². The first-order valence-electron chi connectivity index (χ1n) is 3.23. The molecular formula is C8H10O. The Labute approximate surface area is 55.0 Å². The first-order valence-corrected chi connectivity index (χ1v) is 3.23. The summed E-state index contributed by atoms with van der Waals surface area (Å²) in [4.78, 5) is 0. The van der Waals surface area contributed by atoms with Crippen molar-refractivity contribution < 1.29 is 4.74 Å². The summed E-state index contributed by atoms with van der Waals surface area (Å²) in [6, 6.07) is 0. The van der Waals surface area contributed by atoms with Crippen LogP contribution in [-0.2, 0) is 4.74 Å². The standard InChI is InChI=1S/C8H10O/c1-7-3-5-8(2,9-7)6-4-7/h3-6H,1-2H3. The van der Waals surface area contributed by atoms with Crippen molar-refractivity contribution in [3.8, 4) is 0 Å². The van der Waals surface area contributed by atoms with Gasteiger partial charge in [0.2, 0.25) is 0 Å². The highest BCUT2D eigenvalue weighted by Crippen LogP contribution is 2.38. The normalized spacial score (nSPS) is 53.1. The Morgan fingerprint density at radius 2 is 1.22 bits per heavy atom. The van der Waals surface area contributed by atoms with E-state index in [-0.39, 0.29) is 11.2 Å². The zero-order valence-electron chi connectivity index (χ0n) is 5.72. The van der Waals surface area contributed by atoms with Crippen LogP contribution in [0.15, 0.2) is 24.3 Å². The van der Waals surface area contributed by atoms with Crippen LogP contribution in [0.5, 0.6) is 0 Å². The second kappa shape index (κ2) is 1.14. The highest BCUT2D eigenvalue weighted by atomic mass is 16.5. The third kappa shape index (κ3) is 0.583. The Morgan fingerprint density at radius 3 is 1.33 bits per heavy atom. The third-order valence-corrected chi connectivity index (χ3v) is 1.93. The van der Waals surface area contributed by atoms with E-state index < -0.39 is 0 Å². The highest BCUT2D eigenvalue weighted by molar-refractivity contribution is 5.34. The lowest BCUT2D eigenvalue weighted by atomic mass is 9.99. The van der Waals surface area contributed by atoms with Gasteiger partial charge in [0.1, 0.15) is 11.2 Å². The Hall–Kier alpha value is -0.560. The smallest absolute Gasteiger partial charge is 0.103 e. The number of hydrogen-bond donors (Lipinski definition) is 0. The summed E-state index contributed by atoms with van der Waals surface area (Å²) < 4.78 is 5.62. The van der Waals surface area contributed by atoms with E-state index in [4.69, 9.17) is 4.74 Å². The summed E-state index contributed by atoms with van der Waals surface area (Å²) in [6.45, 7) is 4.14. The van der Waals surface area contributed by atoms with Crippen LogP contribution in [0.25, 0.3) is 0 Å². The van der Waals surface area contributed by atoms with Crippen molar-refractivity contribution in [1.29, 1.82) is 0 Å². The van der Waals surface area contributed by atoms with Gasteiger partial charge in [-0.3, -0.25) is 0 Å². The van der Waals surface area contributed by atoms with Gasteiger partial charge >= 0.3 is 0 Å². The summed E-state index contributed by atoms with van der Waals surface area (Å²) in [5, 5.41) is 0. The molecule has 0 aromatic carbocycles. The molecule has 9 heavy (non-hydrogen) atoms. The van der Waals surface area contributed by atoms with E-state index in [1.807, 2.05) is 0 Å². The van der Waals surface area contributed by atoms with Gasteiger partial charge in [-0.2, -0.15) is 0 Å². The predicted molar refractivity (Wildman–Crippen MR) is 36.2 cm³/mol. The van der Waals surface area contributed by atoms with Crippen LogP contribution in [0, 0.1) is 0 Å². The molecule has 0 aromatic rings. The number of ether oxygens (including phenoxy) is 1. The predicted octanol–water partition coefficient (Wildman–Crippen LogP) is 1.66. The van der Waals surface area contributed by atoms with Crippen LogP contribution in [0.2, 0.25) is 0 Å². The van der Waals surface area contributed by atoms with Crippen LogP contribution < -0.4 is 0 Å². The molecule has 0 aromatic heterocycles. The molecule has 0 saturated heterocycles. The van der Waals surface area contributed by atoms with Gasteiger partial charge in [0.05, 0.1) is 0 Å². The first-order chi connectivity index (χ1) is 4.12. The van der Waals surface area contributed by atoms with Crippen molar-refractivity contribution in [3.63, 3.8) is 0 Å². The molecule has 0 radical (unpaired) electrons. The van der Waals surface area contributed by atoms with Crippen molar-refractivity contribution in [2.24, 2.45) is 0 Å². The second-order valence-corrected chi connectivity index (χ2v) is 3.14. The van der Waals surface area contributed by atoms with Crippen LogP contribution in [0.3, 0.4) is 0 Å². The molecule has 2 aliphatic heterocycles. The fourth-order valence-corrected chi connectivity index (χ4v) is 1.38. The number of rotatable bonds is 0. The van der Waals surface area contributed by atoms with Gasteiger partial charge in [-0.25, -0.2) is 0 Å². The van der Waals surface area contributed by atoms with Gasteiger partial charge in [-0.15, -0.1) is 0 Å². The molecular weight excluding hydrogens is 112 g/mol. The van der Waals surface area contributed by atoms with E-state index in [2.05, 4.69) is 38.2 Å². The lowest BCUT2D eigenvalue weighted by Gasteiger charge is -2.17. The molecule has 1 heteroatoms.